The summed E-state index contributed by atoms with van der Waals surface area (Å²) in [6.07, 6.45) is -0.940. The fourth-order valence-electron chi connectivity index (χ4n) is 4.33. The van der Waals surface area contributed by atoms with E-state index < -0.39 is 18.1 Å². The van der Waals surface area contributed by atoms with E-state index in [-0.39, 0.29) is 17.6 Å². The maximum Gasteiger partial charge on any atom is 0.266 e. The van der Waals surface area contributed by atoms with E-state index >= 15 is 0 Å². The van der Waals surface area contributed by atoms with Crippen LogP contribution in [0.1, 0.15) is 22.7 Å². The number of amides is 2. The highest BCUT2D eigenvalue weighted by Crippen LogP contribution is 2.47. The summed E-state index contributed by atoms with van der Waals surface area (Å²) in [5.74, 6) is -1.80. The Morgan fingerprint density at radius 3 is 2.19 bits per heavy atom. The predicted octanol–water partition coefficient (Wildman–Crippen LogP) is 4.49. The molecule has 2 heterocycles. The number of fused-ring (bicyclic) bond motifs is 1. The van der Waals surface area contributed by atoms with Crippen molar-refractivity contribution >= 4 is 23.2 Å². The lowest BCUT2D eigenvalue weighted by atomic mass is 9.90. The Morgan fingerprint density at radius 2 is 1.52 bits per heavy atom. The number of hydroxylamine groups is 1. The molecule has 31 heavy (non-hydrogen) atoms. The number of hydrogen-bond acceptors (Lipinski definition) is 4. The van der Waals surface area contributed by atoms with Crippen molar-refractivity contribution in [1.29, 1.82) is 0 Å². The van der Waals surface area contributed by atoms with Crippen molar-refractivity contribution in [3.8, 4) is 0 Å². The van der Waals surface area contributed by atoms with Crippen LogP contribution >= 0.6 is 0 Å². The van der Waals surface area contributed by atoms with Gasteiger partial charge in [0, 0.05) is 0 Å². The van der Waals surface area contributed by atoms with Crippen LogP contribution < -0.4 is 9.96 Å². The summed E-state index contributed by atoms with van der Waals surface area (Å²) in [4.78, 5) is 34.1. The van der Waals surface area contributed by atoms with E-state index in [1.807, 2.05) is 56.3 Å². The highest BCUT2D eigenvalue weighted by molar-refractivity contribution is 6.24. The molecule has 0 aliphatic carbocycles. The molecule has 5 rings (SSSR count). The predicted molar refractivity (Wildman–Crippen MR) is 115 cm³/mol. The number of rotatable bonds is 3. The minimum Gasteiger partial charge on any atom is -0.273 e. The van der Waals surface area contributed by atoms with Crippen LogP contribution in [-0.2, 0) is 14.4 Å². The molecule has 0 spiro atoms. The summed E-state index contributed by atoms with van der Waals surface area (Å²) in [5, 5.41) is 1.61. The van der Waals surface area contributed by atoms with Gasteiger partial charge in [-0.3, -0.25) is 14.4 Å². The van der Waals surface area contributed by atoms with Crippen molar-refractivity contribution in [1.82, 2.24) is 0 Å². The molecular formula is C25H21FN2O3. The average molecular weight is 416 g/mol. The van der Waals surface area contributed by atoms with Crippen molar-refractivity contribution in [3.05, 3.63) is 95.3 Å². The number of halogens is 1. The lowest BCUT2D eigenvalue weighted by molar-refractivity contribution is -0.126. The Bertz CT molecular complexity index is 1160. The number of aryl methyl sites for hydroxylation is 2. The van der Waals surface area contributed by atoms with Crippen molar-refractivity contribution in [2.45, 2.75) is 26.0 Å². The monoisotopic (exact) mass is 416 g/mol. The number of benzene rings is 3. The standard InChI is InChI=1S/C25H21FN2O3/c1-15-8-13-20(14-16(15)2)27-24(29)21-22(17-9-11-18(26)12-10-17)28(31-23(21)25(27)30)19-6-4-3-5-7-19/h3-14,21-23H,1-2H3/t21-,22-,23-/m0/s1. The first kappa shape index (κ1) is 19.5. The molecule has 6 heteroatoms. The molecule has 0 aromatic heterocycles. The van der Waals surface area contributed by atoms with E-state index in [0.29, 0.717) is 11.3 Å². The molecule has 0 unspecified atom stereocenters. The first-order valence-corrected chi connectivity index (χ1v) is 10.2. The second kappa shape index (κ2) is 7.32. The van der Waals surface area contributed by atoms with Gasteiger partial charge in [-0.1, -0.05) is 36.4 Å². The topological polar surface area (TPSA) is 49.9 Å². The van der Waals surface area contributed by atoms with Crippen LogP contribution in [0, 0.1) is 25.6 Å². The van der Waals surface area contributed by atoms with E-state index in [1.165, 1.54) is 17.0 Å². The number of para-hydroxylation sites is 1. The van der Waals surface area contributed by atoms with Gasteiger partial charge in [0.2, 0.25) is 5.91 Å². The molecule has 0 bridgehead atoms. The largest absolute Gasteiger partial charge is 0.273 e. The normalized spacial score (nSPS) is 22.9. The van der Waals surface area contributed by atoms with Crippen molar-refractivity contribution in [2.24, 2.45) is 5.92 Å². The van der Waals surface area contributed by atoms with Gasteiger partial charge in [0.1, 0.15) is 11.7 Å². The Morgan fingerprint density at radius 1 is 0.806 bits per heavy atom. The SMILES string of the molecule is Cc1ccc(N2C(=O)[C@@H]3[C@H](ON(c4ccccc4)[C@H]3c3ccc(F)cc3)C2=O)cc1C. The molecule has 3 atom stereocenters. The van der Waals surface area contributed by atoms with Gasteiger partial charge in [-0.05, 0) is 66.9 Å². The van der Waals surface area contributed by atoms with E-state index in [1.54, 1.807) is 23.3 Å². The molecule has 5 nitrogen and oxygen atoms in total. The molecule has 0 saturated carbocycles. The zero-order chi connectivity index (χ0) is 21.7. The van der Waals surface area contributed by atoms with Crippen molar-refractivity contribution in [2.75, 3.05) is 9.96 Å². The fraction of sp³-hybridized carbons (Fsp3) is 0.200. The molecule has 0 radical (unpaired) electrons. The van der Waals surface area contributed by atoms with Crippen LogP contribution in [0.2, 0.25) is 0 Å². The summed E-state index contributed by atoms with van der Waals surface area (Å²) in [5.41, 5.74) is 4.06. The summed E-state index contributed by atoms with van der Waals surface area (Å²) in [6.45, 7) is 3.92. The molecule has 156 valence electrons. The zero-order valence-corrected chi connectivity index (χ0v) is 17.2. The van der Waals surface area contributed by atoms with Crippen LogP contribution in [0.15, 0.2) is 72.8 Å². The van der Waals surface area contributed by atoms with Gasteiger partial charge in [0.15, 0.2) is 6.10 Å². The third-order valence-electron chi connectivity index (χ3n) is 6.09. The Balaban J connectivity index is 1.58. The number of hydrogen-bond donors (Lipinski definition) is 0. The number of carbonyl (C=O) groups excluding carboxylic acids is 2. The maximum absolute atomic E-state index is 13.6. The third-order valence-corrected chi connectivity index (χ3v) is 6.09. The van der Waals surface area contributed by atoms with Gasteiger partial charge < -0.3 is 0 Å². The van der Waals surface area contributed by atoms with Gasteiger partial charge in [-0.15, -0.1) is 0 Å². The van der Waals surface area contributed by atoms with E-state index in [0.717, 1.165) is 16.8 Å². The highest BCUT2D eigenvalue weighted by atomic mass is 19.1. The lowest BCUT2D eigenvalue weighted by Gasteiger charge is -2.28. The quantitative estimate of drug-likeness (QED) is 0.590. The molecule has 0 N–H and O–H groups in total. The van der Waals surface area contributed by atoms with Gasteiger partial charge in [0.05, 0.1) is 17.4 Å². The lowest BCUT2D eigenvalue weighted by Crippen LogP contribution is -2.37. The Hall–Kier alpha value is -3.51. The number of imide groups is 1. The van der Waals surface area contributed by atoms with Gasteiger partial charge in [-0.2, -0.15) is 0 Å². The molecular weight excluding hydrogens is 395 g/mol. The molecule has 3 aromatic rings. The summed E-state index contributed by atoms with van der Waals surface area (Å²) in [6, 6.07) is 20.3. The smallest absolute Gasteiger partial charge is 0.266 e. The van der Waals surface area contributed by atoms with E-state index in [4.69, 9.17) is 4.84 Å². The number of anilines is 2. The zero-order valence-electron chi connectivity index (χ0n) is 17.2. The average Bonchev–Trinajstić information content (AvgIpc) is 3.28. The van der Waals surface area contributed by atoms with Crippen LogP contribution in [-0.4, -0.2) is 17.9 Å². The minimum absolute atomic E-state index is 0.314. The minimum atomic E-state index is -0.940. The van der Waals surface area contributed by atoms with Crippen LogP contribution in [0.5, 0.6) is 0 Å². The van der Waals surface area contributed by atoms with Gasteiger partial charge in [0.25, 0.3) is 5.91 Å². The fourth-order valence-corrected chi connectivity index (χ4v) is 4.33. The first-order valence-electron chi connectivity index (χ1n) is 10.2. The molecule has 2 aliphatic rings. The maximum atomic E-state index is 13.6. The molecule has 2 aliphatic heterocycles. The summed E-state index contributed by atoms with van der Waals surface area (Å²) < 4.78 is 13.6. The third kappa shape index (κ3) is 3.11. The van der Waals surface area contributed by atoms with Crippen LogP contribution in [0.3, 0.4) is 0 Å². The second-order valence-electron chi connectivity index (χ2n) is 7.99. The summed E-state index contributed by atoms with van der Waals surface area (Å²) >= 11 is 0. The van der Waals surface area contributed by atoms with Gasteiger partial charge >= 0.3 is 0 Å². The van der Waals surface area contributed by atoms with Gasteiger partial charge in [-0.25, -0.2) is 14.4 Å². The Labute approximate surface area is 179 Å². The molecule has 3 aromatic carbocycles. The van der Waals surface area contributed by atoms with Crippen LogP contribution in [0.4, 0.5) is 15.8 Å². The second-order valence-corrected chi connectivity index (χ2v) is 7.99. The van der Waals surface area contributed by atoms with Crippen LogP contribution in [0.25, 0.3) is 0 Å². The Kier molecular flexibility index (Phi) is 4.59. The number of carbonyl (C=O) groups is 2. The molecule has 2 amide bonds. The highest BCUT2D eigenvalue weighted by Gasteiger charge is 2.60. The van der Waals surface area contributed by atoms with Crippen molar-refractivity contribution < 1.29 is 18.8 Å². The summed E-state index contributed by atoms with van der Waals surface area (Å²) in [7, 11) is 0. The van der Waals surface area contributed by atoms with Crippen molar-refractivity contribution in [3.63, 3.8) is 0 Å². The molecule has 2 saturated heterocycles. The van der Waals surface area contributed by atoms with E-state index in [2.05, 4.69) is 0 Å². The first-order chi connectivity index (χ1) is 15.0. The number of nitrogens with zero attached hydrogens (tertiary/aromatic N) is 2. The van der Waals surface area contributed by atoms with E-state index in [9.17, 15) is 14.0 Å². The molecule has 2 fully saturated rings.